The molecule has 0 unspecified atom stereocenters. The summed E-state index contributed by atoms with van der Waals surface area (Å²) < 4.78 is 0. The van der Waals surface area contributed by atoms with E-state index in [1.54, 1.807) is 12.1 Å². The molecule has 6 heteroatoms. The number of likely N-dealkylation sites (tertiary alicyclic amines) is 1. The van der Waals surface area contributed by atoms with E-state index in [1.807, 2.05) is 23.1 Å². The lowest BCUT2D eigenvalue weighted by Crippen LogP contribution is -2.44. The molecular formula is C24H37N3O3. The van der Waals surface area contributed by atoms with Crippen LogP contribution in [-0.4, -0.2) is 48.8 Å². The Labute approximate surface area is 180 Å². The Kier molecular flexibility index (Phi) is 11.0. The van der Waals surface area contributed by atoms with Gasteiger partial charge in [0.15, 0.2) is 0 Å². The SMILES string of the molecule is CCCCCCCCC(=O)N1CCC(C(=O)NCCNC(=O)c2ccccc2)CC1. The molecular weight excluding hydrogens is 378 g/mol. The number of amides is 3. The van der Waals surface area contributed by atoms with E-state index < -0.39 is 0 Å². The van der Waals surface area contributed by atoms with Gasteiger partial charge in [0.05, 0.1) is 0 Å². The van der Waals surface area contributed by atoms with E-state index >= 15 is 0 Å². The smallest absolute Gasteiger partial charge is 0.251 e. The van der Waals surface area contributed by atoms with Gasteiger partial charge in [-0.25, -0.2) is 0 Å². The maximum atomic E-state index is 12.4. The van der Waals surface area contributed by atoms with Crippen LogP contribution in [0.25, 0.3) is 0 Å². The van der Waals surface area contributed by atoms with Crippen LogP contribution in [0, 0.1) is 5.92 Å². The maximum absolute atomic E-state index is 12.4. The van der Waals surface area contributed by atoms with E-state index in [0.717, 1.165) is 12.8 Å². The highest BCUT2D eigenvalue weighted by Gasteiger charge is 2.26. The fourth-order valence-corrected chi connectivity index (χ4v) is 3.80. The first kappa shape index (κ1) is 23.9. The molecule has 0 saturated carbocycles. The molecule has 1 aliphatic rings. The Morgan fingerprint density at radius 2 is 1.53 bits per heavy atom. The van der Waals surface area contributed by atoms with Gasteiger partial charge in [0.1, 0.15) is 0 Å². The van der Waals surface area contributed by atoms with E-state index in [-0.39, 0.29) is 23.6 Å². The minimum absolute atomic E-state index is 0.0204. The molecule has 1 fully saturated rings. The number of carbonyl (C=O) groups is 3. The van der Waals surface area contributed by atoms with Crippen LogP contribution in [0.15, 0.2) is 30.3 Å². The first-order valence-corrected chi connectivity index (χ1v) is 11.5. The minimum atomic E-state index is -0.137. The Hall–Kier alpha value is -2.37. The Morgan fingerprint density at radius 3 is 2.23 bits per heavy atom. The molecule has 166 valence electrons. The number of unbranched alkanes of at least 4 members (excludes halogenated alkanes) is 5. The Morgan fingerprint density at radius 1 is 0.900 bits per heavy atom. The number of piperidine rings is 1. The van der Waals surface area contributed by atoms with Crippen molar-refractivity contribution < 1.29 is 14.4 Å². The van der Waals surface area contributed by atoms with E-state index in [2.05, 4.69) is 17.6 Å². The summed E-state index contributed by atoms with van der Waals surface area (Å²) in [4.78, 5) is 38.6. The molecule has 3 amide bonds. The topological polar surface area (TPSA) is 78.5 Å². The first-order chi connectivity index (χ1) is 14.6. The van der Waals surface area contributed by atoms with Gasteiger partial charge in [0, 0.05) is 44.1 Å². The molecule has 0 atom stereocenters. The van der Waals surface area contributed by atoms with Gasteiger partial charge in [-0.1, -0.05) is 57.2 Å². The molecule has 1 aliphatic heterocycles. The summed E-state index contributed by atoms with van der Waals surface area (Å²) in [5, 5.41) is 5.71. The van der Waals surface area contributed by atoms with Crippen LogP contribution in [0.4, 0.5) is 0 Å². The van der Waals surface area contributed by atoms with Crippen molar-refractivity contribution in [3.8, 4) is 0 Å². The second kappa shape index (κ2) is 13.8. The highest BCUT2D eigenvalue weighted by Crippen LogP contribution is 2.19. The molecule has 6 nitrogen and oxygen atoms in total. The molecule has 0 spiro atoms. The second-order valence-corrected chi connectivity index (χ2v) is 8.09. The van der Waals surface area contributed by atoms with Crippen LogP contribution < -0.4 is 10.6 Å². The van der Waals surface area contributed by atoms with Crippen molar-refractivity contribution in [2.45, 2.75) is 64.7 Å². The maximum Gasteiger partial charge on any atom is 0.251 e. The number of rotatable bonds is 12. The number of hydrogen-bond acceptors (Lipinski definition) is 3. The van der Waals surface area contributed by atoms with Crippen molar-refractivity contribution >= 4 is 17.7 Å². The van der Waals surface area contributed by atoms with Gasteiger partial charge in [0.25, 0.3) is 5.91 Å². The molecule has 2 N–H and O–H groups in total. The van der Waals surface area contributed by atoms with Gasteiger partial charge in [0.2, 0.25) is 11.8 Å². The summed E-state index contributed by atoms with van der Waals surface area (Å²) in [6, 6.07) is 9.03. The molecule has 0 radical (unpaired) electrons. The lowest BCUT2D eigenvalue weighted by Gasteiger charge is -2.31. The monoisotopic (exact) mass is 415 g/mol. The van der Waals surface area contributed by atoms with Crippen LogP contribution >= 0.6 is 0 Å². The van der Waals surface area contributed by atoms with Gasteiger partial charge in [-0.15, -0.1) is 0 Å². The summed E-state index contributed by atoms with van der Waals surface area (Å²) in [6.45, 7) is 4.34. The van der Waals surface area contributed by atoms with Crippen LogP contribution in [0.1, 0.15) is 75.1 Å². The van der Waals surface area contributed by atoms with E-state index in [4.69, 9.17) is 0 Å². The van der Waals surface area contributed by atoms with Crippen LogP contribution in [-0.2, 0) is 9.59 Å². The van der Waals surface area contributed by atoms with E-state index in [0.29, 0.717) is 51.0 Å². The average Bonchev–Trinajstić information content (AvgIpc) is 2.79. The zero-order valence-electron chi connectivity index (χ0n) is 18.3. The van der Waals surface area contributed by atoms with Crippen molar-refractivity contribution in [2.75, 3.05) is 26.2 Å². The number of carbonyl (C=O) groups excluding carboxylic acids is 3. The van der Waals surface area contributed by atoms with Gasteiger partial charge in [-0.2, -0.15) is 0 Å². The van der Waals surface area contributed by atoms with Crippen molar-refractivity contribution in [2.24, 2.45) is 5.92 Å². The van der Waals surface area contributed by atoms with Gasteiger partial charge < -0.3 is 15.5 Å². The van der Waals surface area contributed by atoms with Crippen molar-refractivity contribution in [1.29, 1.82) is 0 Å². The fraction of sp³-hybridized carbons (Fsp3) is 0.625. The molecule has 1 heterocycles. The van der Waals surface area contributed by atoms with Gasteiger partial charge in [-0.05, 0) is 31.4 Å². The molecule has 30 heavy (non-hydrogen) atoms. The van der Waals surface area contributed by atoms with Crippen molar-refractivity contribution in [3.05, 3.63) is 35.9 Å². The van der Waals surface area contributed by atoms with Gasteiger partial charge >= 0.3 is 0 Å². The van der Waals surface area contributed by atoms with Crippen LogP contribution in [0.2, 0.25) is 0 Å². The summed E-state index contributed by atoms with van der Waals surface area (Å²) in [6.07, 6.45) is 9.16. The molecule has 1 aromatic carbocycles. The van der Waals surface area contributed by atoms with Crippen molar-refractivity contribution in [1.82, 2.24) is 15.5 Å². The first-order valence-electron chi connectivity index (χ1n) is 11.5. The standard InChI is InChI=1S/C24H37N3O3/c1-2-3-4-5-6-10-13-22(28)27-18-14-21(15-19-27)24(30)26-17-16-25-23(29)20-11-8-7-9-12-20/h7-9,11-12,21H,2-6,10,13-19H2,1H3,(H,25,29)(H,26,30). The quantitative estimate of drug-likeness (QED) is 0.513. The Bertz CT molecular complexity index is 655. The summed E-state index contributed by atoms with van der Waals surface area (Å²) >= 11 is 0. The average molecular weight is 416 g/mol. The van der Waals surface area contributed by atoms with E-state index in [1.165, 1.54) is 25.7 Å². The number of nitrogens with zero attached hydrogens (tertiary/aromatic N) is 1. The number of hydrogen-bond donors (Lipinski definition) is 2. The summed E-state index contributed by atoms with van der Waals surface area (Å²) in [5.41, 5.74) is 0.613. The van der Waals surface area contributed by atoms with Crippen LogP contribution in [0.3, 0.4) is 0 Å². The molecule has 1 aromatic rings. The van der Waals surface area contributed by atoms with E-state index in [9.17, 15) is 14.4 Å². The largest absolute Gasteiger partial charge is 0.354 e. The zero-order valence-corrected chi connectivity index (χ0v) is 18.3. The second-order valence-electron chi connectivity index (χ2n) is 8.09. The highest BCUT2D eigenvalue weighted by atomic mass is 16.2. The number of nitrogens with one attached hydrogen (secondary N) is 2. The lowest BCUT2D eigenvalue weighted by molar-refractivity contribution is -0.135. The number of benzene rings is 1. The highest BCUT2D eigenvalue weighted by molar-refractivity contribution is 5.94. The lowest BCUT2D eigenvalue weighted by atomic mass is 9.95. The van der Waals surface area contributed by atoms with Crippen molar-refractivity contribution in [3.63, 3.8) is 0 Å². The molecule has 2 rings (SSSR count). The summed E-state index contributed by atoms with van der Waals surface area (Å²) in [5.74, 6) is 0.0647. The third kappa shape index (κ3) is 8.56. The van der Waals surface area contributed by atoms with Gasteiger partial charge in [-0.3, -0.25) is 14.4 Å². The Balaban J connectivity index is 1.55. The third-order valence-electron chi connectivity index (χ3n) is 5.71. The molecule has 0 aliphatic carbocycles. The fourth-order valence-electron chi connectivity index (χ4n) is 3.80. The molecule has 1 saturated heterocycles. The van der Waals surface area contributed by atoms with Crippen LogP contribution in [0.5, 0.6) is 0 Å². The predicted molar refractivity (Wildman–Crippen MR) is 119 cm³/mol. The minimum Gasteiger partial charge on any atom is -0.354 e. The molecule has 0 aromatic heterocycles. The normalized spacial score (nSPS) is 14.4. The zero-order chi connectivity index (χ0) is 21.6. The predicted octanol–water partition coefficient (Wildman–Crippen LogP) is 3.52. The molecule has 0 bridgehead atoms. The summed E-state index contributed by atoms with van der Waals surface area (Å²) in [7, 11) is 0. The third-order valence-corrected chi connectivity index (χ3v) is 5.71.